The average Bonchev–Trinajstić information content (AvgIpc) is 3.46. The molecule has 2 nitrogen and oxygen atoms in total. The van der Waals surface area contributed by atoms with Crippen LogP contribution in [0.5, 0.6) is 0 Å². The first kappa shape index (κ1) is 32.8. The van der Waals surface area contributed by atoms with E-state index >= 15 is 8.78 Å². The molecule has 1 fully saturated rings. The number of benzene rings is 2. The van der Waals surface area contributed by atoms with Crippen molar-refractivity contribution in [1.29, 1.82) is 0 Å². The number of fused-ring (bicyclic) bond motifs is 1. The maximum absolute atomic E-state index is 17.2. The highest BCUT2D eigenvalue weighted by molar-refractivity contribution is 6.74. The van der Waals surface area contributed by atoms with E-state index in [1.165, 1.54) is 12.1 Å². The number of aromatic nitrogens is 1. The third-order valence-corrected chi connectivity index (χ3v) is 14.6. The number of rotatable bonds is 6. The normalized spacial score (nSPS) is 19.7. The van der Waals surface area contributed by atoms with Gasteiger partial charge in [-0.1, -0.05) is 59.6 Å². The summed E-state index contributed by atoms with van der Waals surface area (Å²) in [5.74, 6) is -4.37. The van der Waals surface area contributed by atoms with E-state index in [4.69, 9.17) is 9.41 Å². The Balaban J connectivity index is 1.88. The van der Waals surface area contributed by atoms with Gasteiger partial charge in [0.2, 0.25) is 0 Å². The fraction of sp³-hybridized carbons (Fsp3) is 0.528. The molecule has 0 radical (unpaired) electrons. The van der Waals surface area contributed by atoms with Gasteiger partial charge in [0, 0.05) is 33.9 Å². The van der Waals surface area contributed by atoms with Crippen molar-refractivity contribution in [2.45, 2.75) is 116 Å². The molecule has 0 saturated heterocycles. The lowest BCUT2D eigenvalue weighted by Gasteiger charge is -2.45. The van der Waals surface area contributed by atoms with Crippen LogP contribution < -0.4 is 0 Å². The van der Waals surface area contributed by atoms with Crippen LogP contribution in [0, 0.1) is 35.6 Å². The Kier molecular flexibility index (Phi) is 8.68. The number of hydrogen-bond donors (Lipinski definition) is 0. The molecule has 2 aliphatic carbocycles. The minimum absolute atomic E-state index is 0.0965. The van der Waals surface area contributed by atoms with E-state index in [0.29, 0.717) is 35.2 Å². The van der Waals surface area contributed by atoms with Crippen LogP contribution in [0.1, 0.15) is 119 Å². The summed E-state index contributed by atoms with van der Waals surface area (Å²) in [6.45, 7) is 16.3. The average molecular weight is 630 g/mol. The van der Waals surface area contributed by atoms with Crippen LogP contribution in [0.3, 0.4) is 0 Å². The van der Waals surface area contributed by atoms with Crippen molar-refractivity contribution in [2.24, 2.45) is 5.41 Å². The summed E-state index contributed by atoms with van der Waals surface area (Å²) in [6.07, 6.45) is 2.03. The highest BCUT2D eigenvalue weighted by atomic mass is 28.4. The SMILES string of the molecule is Cc1c(F)cc(C(F)c2c(C3CCCC3)nc3c(c2-c2ccc(F)cc2)C(O[Si](C)(C)C(C)(C)C)CC(C)(C)C3)c(F)c1F. The zero-order chi connectivity index (χ0) is 32.4. The molecule has 2 unspecified atom stereocenters. The standard InChI is InChI=1S/C36H44F5NOSi/c1-20-25(38)17-24(33(41)31(20)39)32(40)30-28(21-13-15-23(37)16-14-21)29-26(42-34(30)22-11-9-10-12-22)18-36(5,6)19-27(29)43-44(7,8)35(2,3)4/h13-17,22,27,32H,9-12,18-19H2,1-8H3. The fourth-order valence-corrected chi connectivity index (χ4v) is 7.93. The molecule has 238 valence electrons. The van der Waals surface area contributed by atoms with Crippen LogP contribution >= 0.6 is 0 Å². The first-order valence-corrected chi connectivity index (χ1v) is 18.6. The van der Waals surface area contributed by atoms with Crippen molar-refractivity contribution in [1.82, 2.24) is 4.98 Å². The predicted octanol–water partition coefficient (Wildman–Crippen LogP) is 11.4. The van der Waals surface area contributed by atoms with E-state index in [9.17, 15) is 13.2 Å². The minimum Gasteiger partial charge on any atom is -0.410 e. The van der Waals surface area contributed by atoms with Gasteiger partial charge >= 0.3 is 0 Å². The van der Waals surface area contributed by atoms with Crippen molar-refractivity contribution in [3.8, 4) is 11.1 Å². The molecule has 5 rings (SSSR count). The molecule has 0 N–H and O–H groups in total. The summed E-state index contributed by atoms with van der Waals surface area (Å²) in [7, 11) is -2.37. The lowest BCUT2D eigenvalue weighted by Crippen LogP contribution is -2.44. The van der Waals surface area contributed by atoms with Crippen LogP contribution in [0.25, 0.3) is 11.1 Å². The molecule has 0 amide bonds. The van der Waals surface area contributed by atoms with Gasteiger partial charge in [0.15, 0.2) is 26.1 Å². The van der Waals surface area contributed by atoms with Gasteiger partial charge in [-0.15, -0.1) is 0 Å². The third kappa shape index (κ3) is 6.01. The summed E-state index contributed by atoms with van der Waals surface area (Å²) >= 11 is 0. The van der Waals surface area contributed by atoms with Crippen molar-refractivity contribution in [3.63, 3.8) is 0 Å². The molecule has 3 aromatic rings. The van der Waals surface area contributed by atoms with Gasteiger partial charge in [-0.2, -0.15) is 0 Å². The van der Waals surface area contributed by atoms with Crippen LogP contribution in [-0.4, -0.2) is 13.3 Å². The van der Waals surface area contributed by atoms with Crippen molar-refractivity contribution in [2.75, 3.05) is 0 Å². The summed E-state index contributed by atoms with van der Waals surface area (Å²) in [5, 5.41) is -0.118. The number of halogens is 5. The second-order valence-electron chi connectivity index (χ2n) is 15.1. The van der Waals surface area contributed by atoms with Gasteiger partial charge in [0.05, 0.1) is 11.8 Å². The molecule has 2 aliphatic rings. The molecule has 0 spiro atoms. The Morgan fingerprint density at radius 2 is 1.59 bits per heavy atom. The van der Waals surface area contributed by atoms with Crippen molar-refractivity contribution in [3.05, 3.63) is 87.2 Å². The molecular weight excluding hydrogens is 585 g/mol. The Bertz CT molecular complexity index is 1550. The Morgan fingerprint density at radius 1 is 0.977 bits per heavy atom. The van der Waals surface area contributed by atoms with Crippen LogP contribution in [0.2, 0.25) is 18.1 Å². The quantitative estimate of drug-likeness (QED) is 0.154. The first-order valence-electron chi connectivity index (χ1n) is 15.7. The second-order valence-corrected chi connectivity index (χ2v) is 19.9. The molecule has 1 aromatic heterocycles. The largest absolute Gasteiger partial charge is 0.410 e. The lowest BCUT2D eigenvalue weighted by molar-refractivity contribution is 0.106. The third-order valence-electron chi connectivity index (χ3n) is 10.1. The Hall–Kier alpha value is -2.58. The van der Waals surface area contributed by atoms with E-state index in [2.05, 4.69) is 47.7 Å². The van der Waals surface area contributed by atoms with Gasteiger partial charge in [0.1, 0.15) is 11.6 Å². The fourth-order valence-electron chi connectivity index (χ4n) is 6.67. The van der Waals surface area contributed by atoms with Gasteiger partial charge < -0.3 is 4.43 Å². The second kappa shape index (κ2) is 11.7. The van der Waals surface area contributed by atoms with E-state index in [0.717, 1.165) is 44.4 Å². The summed E-state index contributed by atoms with van der Waals surface area (Å²) < 4.78 is 83.7. The van der Waals surface area contributed by atoms with Gasteiger partial charge in [0.25, 0.3) is 0 Å². The monoisotopic (exact) mass is 629 g/mol. The number of pyridine rings is 1. The van der Waals surface area contributed by atoms with Crippen molar-refractivity contribution < 1.29 is 26.4 Å². The summed E-state index contributed by atoms with van der Waals surface area (Å²) in [6, 6.07) is 6.58. The number of hydrogen-bond acceptors (Lipinski definition) is 2. The van der Waals surface area contributed by atoms with Crippen LogP contribution in [0.4, 0.5) is 22.0 Å². The van der Waals surface area contributed by atoms with E-state index in [1.54, 1.807) is 12.1 Å². The zero-order valence-electron chi connectivity index (χ0n) is 27.1. The van der Waals surface area contributed by atoms with Crippen LogP contribution in [-0.2, 0) is 10.8 Å². The zero-order valence-corrected chi connectivity index (χ0v) is 28.1. The molecule has 1 saturated carbocycles. The summed E-state index contributed by atoms with van der Waals surface area (Å²) in [4.78, 5) is 5.19. The van der Waals surface area contributed by atoms with Gasteiger partial charge in [-0.3, -0.25) is 4.98 Å². The molecule has 8 heteroatoms. The predicted molar refractivity (Wildman–Crippen MR) is 168 cm³/mol. The van der Waals surface area contributed by atoms with E-state index in [1.807, 2.05) is 0 Å². The maximum Gasteiger partial charge on any atom is 0.192 e. The molecular formula is C36H44F5NOSi. The minimum atomic E-state index is -2.37. The molecule has 2 atom stereocenters. The highest BCUT2D eigenvalue weighted by Gasteiger charge is 2.45. The van der Waals surface area contributed by atoms with Gasteiger partial charge in [-0.25, -0.2) is 22.0 Å². The summed E-state index contributed by atoms with van der Waals surface area (Å²) in [5.41, 5.74) is 1.76. The molecule has 44 heavy (non-hydrogen) atoms. The van der Waals surface area contributed by atoms with Crippen molar-refractivity contribution >= 4 is 8.32 Å². The van der Waals surface area contributed by atoms with Gasteiger partial charge in [-0.05, 0) is 85.5 Å². The molecule has 2 aromatic carbocycles. The smallest absolute Gasteiger partial charge is 0.192 e. The molecule has 1 heterocycles. The number of nitrogens with zero attached hydrogens (tertiary/aromatic N) is 1. The topological polar surface area (TPSA) is 22.1 Å². The Morgan fingerprint density at radius 3 is 2.18 bits per heavy atom. The highest BCUT2D eigenvalue weighted by Crippen LogP contribution is 2.54. The Labute approximate surface area is 259 Å². The van der Waals surface area contributed by atoms with Crippen LogP contribution in [0.15, 0.2) is 30.3 Å². The molecule has 0 bridgehead atoms. The molecule has 0 aliphatic heterocycles. The maximum atomic E-state index is 17.2. The van der Waals surface area contributed by atoms with E-state index in [-0.39, 0.29) is 21.9 Å². The lowest BCUT2D eigenvalue weighted by atomic mass is 9.71. The number of alkyl halides is 1. The first-order chi connectivity index (χ1) is 20.4. The van der Waals surface area contributed by atoms with E-state index < -0.39 is 55.0 Å².